The zero-order valence-electron chi connectivity index (χ0n) is 17.6. The monoisotopic (exact) mass is 444 g/mol. The summed E-state index contributed by atoms with van der Waals surface area (Å²) in [6.07, 6.45) is -1.26. The van der Waals surface area contributed by atoms with Crippen LogP contribution in [0.3, 0.4) is 0 Å². The number of phenols is 1. The fourth-order valence-electron chi connectivity index (χ4n) is 4.24. The van der Waals surface area contributed by atoms with Gasteiger partial charge >= 0.3 is 6.09 Å². The first-order valence-electron chi connectivity index (χ1n) is 10.2. The molecule has 2 aliphatic rings. The zero-order chi connectivity index (χ0) is 22.5. The van der Waals surface area contributed by atoms with E-state index < -0.39 is 24.0 Å². The van der Waals surface area contributed by atoms with Gasteiger partial charge in [-0.1, -0.05) is 29.8 Å². The van der Waals surface area contributed by atoms with Crippen LogP contribution < -0.4 is 0 Å². The van der Waals surface area contributed by atoms with Crippen molar-refractivity contribution >= 4 is 23.6 Å². The standard InChI is InChI=1S/C23H25ClN2O5/c1-23(2,3)31-22(30)25-11-10-15-16(24)8-9-18(27)19(15)17(25)12-26-20(28)13-6-4-5-7-14(13)21(26)29/h4-9,17,20,27-28H,10-12H2,1-3H3. The smallest absolute Gasteiger partial charge is 0.410 e. The molecule has 164 valence electrons. The van der Waals surface area contributed by atoms with Crippen LogP contribution in [-0.4, -0.2) is 50.7 Å². The number of aliphatic hydroxyl groups excluding tert-OH is 1. The van der Waals surface area contributed by atoms with Crippen molar-refractivity contribution in [1.29, 1.82) is 0 Å². The summed E-state index contributed by atoms with van der Waals surface area (Å²) in [6.45, 7) is 5.61. The number of aromatic hydroxyl groups is 1. The molecule has 2 N–H and O–H groups in total. The SMILES string of the molecule is CC(C)(C)OC(=O)N1CCc2c(Cl)ccc(O)c2C1CN1C(=O)c2ccccc2C1O. The highest BCUT2D eigenvalue weighted by Gasteiger charge is 2.42. The minimum Gasteiger partial charge on any atom is -0.508 e. The quantitative estimate of drug-likeness (QED) is 0.729. The summed E-state index contributed by atoms with van der Waals surface area (Å²) in [5, 5.41) is 22.0. The Hall–Kier alpha value is -2.77. The van der Waals surface area contributed by atoms with Crippen LogP contribution in [0.2, 0.25) is 5.02 Å². The van der Waals surface area contributed by atoms with Crippen molar-refractivity contribution in [3.8, 4) is 5.75 Å². The van der Waals surface area contributed by atoms with Gasteiger partial charge in [0, 0.05) is 34.8 Å². The molecule has 2 aliphatic heterocycles. The molecule has 2 heterocycles. The molecule has 0 aromatic heterocycles. The highest BCUT2D eigenvalue weighted by molar-refractivity contribution is 6.31. The molecule has 2 aromatic rings. The molecule has 0 saturated carbocycles. The van der Waals surface area contributed by atoms with Crippen molar-refractivity contribution < 1.29 is 24.5 Å². The largest absolute Gasteiger partial charge is 0.508 e. The molecule has 4 rings (SSSR count). The number of nitrogens with zero attached hydrogens (tertiary/aromatic N) is 2. The lowest BCUT2D eigenvalue weighted by atomic mass is 9.91. The van der Waals surface area contributed by atoms with Gasteiger partial charge in [-0.2, -0.15) is 0 Å². The second kappa shape index (κ2) is 7.73. The van der Waals surface area contributed by atoms with Crippen molar-refractivity contribution in [2.45, 2.75) is 45.1 Å². The van der Waals surface area contributed by atoms with Gasteiger partial charge in [0.25, 0.3) is 5.91 Å². The number of carbonyl (C=O) groups is 2. The molecule has 0 saturated heterocycles. The van der Waals surface area contributed by atoms with Crippen LogP contribution in [0.25, 0.3) is 0 Å². The van der Waals surface area contributed by atoms with Gasteiger partial charge in [-0.3, -0.25) is 9.69 Å². The average Bonchev–Trinajstić information content (AvgIpc) is 2.94. The van der Waals surface area contributed by atoms with Gasteiger partial charge in [-0.15, -0.1) is 0 Å². The number of benzene rings is 2. The van der Waals surface area contributed by atoms with Gasteiger partial charge in [0.05, 0.1) is 6.04 Å². The number of aliphatic hydroxyl groups is 1. The number of phenolic OH excluding ortho intramolecular Hbond substituents is 1. The molecule has 2 unspecified atom stereocenters. The molecule has 0 aliphatic carbocycles. The third kappa shape index (κ3) is 3.83. The third-order valence-electron chi connectivity index (χ3n) is 5.61. The number of halogens is 1. The Kier molecular flexibility index (Phi) is 5.35. The van der Waals surface area contributed by atoms with Crippen LogP contribution in [0.15, 0.2) is 36.4 Å². The molecule has 0 bridgehead atoms. The van der Waals surface area contributed by atoms with E-state index in [1.54, 1.807) is 51.1 Å². The van der Waals surface area contributed by atoms with Crippen LogP contribution >= 0.6 is 11.6 Å². The average molecular weight is 445 g/mol. The number of carbonyl (C=O) groups excluding carboxylic acids is 2. The van der Waals surface area contributed by atoms with E-state index in [0.717, 1.165) is 5.56 Å². The van der Waals surface area contributed by atoms with Crippen LogP contribution in [0.1, 0.15) is 60.1 Å². The lowest BCUT2D eigenvalue weighted by molar-refractivity contribution is -0.0119. The van der Waals surface area contributed by atoms with E-state index in [0.29, 0.717) is 34.7 Å². The van der Waals surface area contributed by atoms with Crippen LogP contribution in [0.4, 0.5) is 4.79 Å². The van der Waals surface area contributed by atoms with E-state index in [1.165, 1.54) is 15.9 Å². The van der Waals surface area contributed by atoms with Crippen LogP contribution in [-0.2, 0) is 11.2 Å². The predicted octanol–water partition coefficient (Wildman–Crippen LogP) is 4.03. The molecule has 2 amide bonds. The number of ether oxygens (including phenoxy) is 1. The number of rotatable bonds is 2. The van der Waals surface area contributed by atoms with Crippen molar-refractivity contribution in [1.82, 2.24) is 9.80 Å². The van der Waals surface area contributed by atoms with E-state index in [1.807, 2.05) is 0 Å². The van der Waals surface area contributed by atoms with Crippen LogP contribution in [0.5, 0.6) is 5.75 Å². The van der Waals surface area contributed by atoms with Crippen molar-refractivity contribution in [3.63, 3.8) is 0 Å². The highest BCUT2D eigenvalue weighted by Crippen LogP contribution is 2.42. The molecule has 31 heavy (non-hydrogen) atoms. The first-order valence-corrected chi connectivity index (χ1v) is 10.5. The van der Waals surface area contributed by atoms with Crippen molar-refractivity contribution in [2.75, 3.05) is 13.1 Å². The maximum Gasteiger partial charge on any atom is 0.410 e. The minimum atomic E-state index is -1.14. The maximum atomic E-state index is 13.0. The summed E-state index contributed by atoms with van der Waals surface area (Å²) in [7, 11) is 0. The van der Waals surface area contributed by atoms with Crippen LogP contribution in [0, 0.1) is 0 Å². The van der Waals surface area contributed by atoms with E-state index in [9.17, 15) is 19.8 Å². The Labute approximate surface area is 185 Å². The topological polar surface area (TPSA) is 90.3 Å². The molecular formula is C23H25ClN2O5. The lowest BCUT2D eigenvalue weighted by Gasteiger charge is -2.40. The van der Waals surface area contributed by atoms with Gasteiger partial charge in [0.2, 0.25) is 0 Å². The van der Waals surface area contributed by atoms with Crippen molar-refractivity contribution in [3.05, 3.63) is 63.7 Å². The Morgan fingerprint density at radius 1 is 1.23 bits per heavy atom. The summed E-state index contributed by atoms with van der Waals surface area (Å²) in [5.74, 6) is -0.350. The predicted molar refractivity (Wildman–Crippen MR) is 115 cm³/mol. The first-order chi connectivity index (χ1) is 14.6. The first kappa shape index (κ1) is 21.5. The second-order valence-electron chi connectivity index (χ2n) is 8.82. The summed E-state index contributed by atoms with van der Waals surface area (Å²) in [6, 6.07) is 9.22. The van der Waals surface area contributed by atoms with Crippen molar-refractivity contribution in [2.24, 2.45) is 0 Å². The fraction of sp³-hybridized carbons (Fsp3) is 0.391. The minimum absolute atomic E-state index is 0.0173. The molecular weight excluding hydrogens is 420 g/mol. The molecule has 2 atom stereocenters. The number of fused-ring (bicyclic) bond motifs is 2. The summed E-state index contributed by atoms with van der Waals surface area (Å²) in [5.41, 5.74) is 1.43. The summed E-state index contributed by atoms with van der Waals surface area (Å²) < 4.78 is 5.58. The summed E-state index contributed by atoms with van der Waals surface area (Å²) in [4.78, 5) is 28.8. The van der Waals surface area contributed by atoms with Gasteiger partial charge in [-0.05, 0) is 51.0 Å². The normalized spacial score (nSPS) is 20.5. The van der Waals surface area contributed by atoms with E-state index in [-0.39, 0.29) is 18.2 Å². The number of hydrogen-bond donors (Lipinski definition) is 2. The molecule has 0 spiro atoms. The van der Waals surface area contributed by atoms with Gasteiger partial charge in [0.1, 0.15) is 11.4 Å². The van der Waals surface area contributed by atoms with Gasteiger partial charge in [0.15, 0.2) is 6.23 Å². The van der Waals surface area contributed by atoms with E-state index in [4.69, 9.17) is 16.3 Å². The third-order valence-corrected chi connectivity index (χ3v) is 5.97. The molecule has 0 fully saturated rings. The number of hydrogen-bond acceptors (Lipinski definition) is 5. The molecule has 0 radical (unpaired) electrons. The molecule has 7 nitrogen and oxygen atoms in total. The maximum absolute atomic E-state index is 13.0. The van der Waals surface area contributed by atoms with E-state index >= 15 is 0 Å². The second-order valence-corrected chi connectivity index (χ2v) is 9.22. The number of amides is 2. The Balaban J connectivity index is 1.74. The zero-order valence-corrected chi connectivity index (χ0v) is 18.4. The highest BCUT2D eigenvalue weighted by atomic mass is 35.5. The van der Waals surface area contributed by atoms with E-state index in [2.05, 4.69) is 0 Å². The Morgan fingerprint density at radius 2 is 1.94 bits per heavy atom. The fourth-order valence-corrected chi connectivity index (χ4v) is 4.50. The lowest BCUT2D eigenvalue weighted by Crippen LogP contribution is -2.47. The van der Waals surface area contributed by atoms with Gasteiger partial charge < -0.3 is 19.8 Å². The molecule has 2 aromatic carbocycles. The Morgan fingerprint density at radius 3 is 2.61 bits per heavy atom. The molecule has 8 heteroatoms. The van der Waals surface area contributed by atoms with Gasteiger partial charge in [-0.25, -0.2) is 4.79 Å². The summed E-state index contributed by atoms with van der Waals surface area (Å²) >= 11 is 6.38. The Bertz CT molecular complexity index is 1050.